The van der Waals surface area contributed by atoms with E-state index in [2.05, 4.69) is 10.2 Å². The van der Waals surface area contributed by atoms with Crippen molar-refractivity contribution in [2.24, 2.45) is 0 Å². The summed E-state index contributed by atoms with van der Waals surface area (Å²) in [6, 6.07) is 17.0. The zero-order chi connectivity index (χ0) is 22.0. The van der Waals surface area contributed by atoms with Gasteiger partial charge < -0.3 is 0 Å². The predicted molar refractivity (Wildman–Crippen MR) is 108 cm³/mol. The van der Waals surface area contributed by atoms with Crippen LogP contribution in [0.3, 0.4) is 0 Å². The molecule has 1 heterocycles. The van der Waals surface area contributed by atoms with Gasteiger partial charge in [-0.05, 0) is 23.8 Å². The maximum absolute atomic E-state index is 14.6. The standard InChI is InChI=1S/C22H14F5N3S/c23-17-9-10-19(18(24)12-17)30-20(15-6-2-1-3-7-15)28-29-21(30)31-13-14-5-4-8-16(11-14)22(25,26)27/h1-12H,13H2. The Bertz CT molecular complexity index is 1210. The zero-order valence-corrected chi connectivity index (χ0v) is 16.6. The lowest BCUT2D eigenvalue weighted by Gasteiger charge is -2.12. The van der Waals surface area contributed by atoms with Crippen LogP contribution in [0, 0.1) is 11.6 Å². The van der Waals surface area contributed by atoms with Crippen LogP contribution in [0.5, 0.6) is 0 Å². The van der Waals surface area contributed by atoms with Gasteiger partial charge in [0.15, 0.2) is 11.0 Å². The van der Waals surface area contributed by atoms with Gasteiger partial charge in [-0.25, -0.2) is 8.78 Å². The maximum atomic E-state index is 14.6. The van der Waals surface area contributed by atoms with Crippen LogP contribution in [0.15, 0.2) is 78.0 Å². The van der Waals surface area contributed by atoms with Crippen LogP contribution < -0.4 is 0 Å². The molecule has 0 saturated heterocycles. The van der Waals surface area contributed by atoms with Crippen molar-refractivity contribution in [1.82, 2.24) is 14.8 Å². The molecule has 0 amide bonds. The molecule has 0 aliphatic heterocycles. The normalized spacial score (nSPS) is 11.6. The Morgan fingerprint density at radius 1 is 0.839 bits per heavy atom. The Hall–Kier alpha value is -3.20. The lowest BCUT2D eigenvalue weighted by Crippen LogP contribution is -2.05. The molecule has 3 nitrogen and oxygen atoms in total. The topological polar surface area (TPSA) is 30.7 Å². The fourth-order valence-electron chi connectivity index (χ4n) is 3.00. The molecule has 4 aromatic rings. The molecule has 0 aliphatic rings. The highest BCUT2D eigenvalue weighted by Crippen LogP contribution is 2.33. The number of halogens is 5. The fourth-order valence-corrected chi connectivity index (χ4v) is 3.89. The summed E-state index contributed by atoms with van der Waals surface area (Å²) in [5.41, 5.74) is 0.373. The van der Waals surface area contributed by atoms with E-state index in [0.29, 0.717) is 17.0 Å². The quantitative estimate of drug-likeness (QED) is 0.258. The molecule has 4 rings (SSSR count). The van der Waals surface area contributed by atoms with Crippen molar-refractivity contribution in [3.8, 4) is 17.1 Å². The van der Waals surface area contributed by atoms with E-state index >= 15 is 0 Å². The van der Waals surface area contributed by atoms with Crippen LogP contribution in [-0.4, -0.2) is 14.8 Å². The molecule has 158 valence electrons. The number of rotatable bonds is 5. The predicted octanol–water partition coefficient (Wildman–Crippen LogP) is 6.52. The first-order chi connectivity index (χ1) is 14.8. The van der Waals surface area contributed by atoms with Crippen molar-refractivity contribution in [2.45, 2.75) is 17.1 Å². The second-order valence-electron chi connectivity index (χ2n) is 6.59. The van der Waals surface area contributed by atoms with Gasteiger partial charge in [0.2, 0.25) is 0 Å². The van der Waals surface area contributed by atoms with Crippen LogP contribution in [0.25, 0.3) is 17.1 Å². The molecule has 0 aliphatic carbocycles. The molecule has 0 N–H and O–H groups in total. The number of nitrogens with zero attached hydrogens (tertiary/aromatic N) is 3. The molecule has 0 bridgehead atoms. The third kappa shape index (κ3) is 4.61. The Kier molecular flexibility index (Phi) is 5.77. The van der Waals surface area contributed by atoms with Gasteiger partial charge in [-0.15, -0.1) is 10.2 Å². The minimum atomic E-state index is -4.45. The number of thioether (sulfide) groups is 1. The second-order valence-corrected chi connectivity index (χ2v) is 7.53. The molecule has 9 heteroatoms. The summed E-state index contributed by atoms with van der Waals surface area (Å²) in [6.07, 6.45) is -4.45. The van der Waals surface area contributed by atoms with Crippen molar-refractivity contribution in [3.63, 3.8) is 0 Å². The van der Waals surface area contributed by atoms with E-state index in [1.165, 1.54) is 16.7 Å². The highest BCUT2D eigenvalue weighted by atomic mass is 32.2. The van der Waals surface area contributed by atoms with Crippen molar-refractivity contribution in [3.05, 3.63) is 95.6 Å². The number of aromatic nitrogens is 3. The zero-order valence-electron chi connectivity index (χ0n) is 15.8. The first-order valence-corrected chi connectivity index (χ1v) is 10.1. The van der Waals surface area contributed by atoms with E-state index in [4.69, 9.17) is 0 Å². The summed E-state index contributed by atoms with van der Waals surface area (Å²) in [4.78, 5) is 0. The van der Waals surface area contributed by atoms with Gasteiger partial charge in [0.05, 0.1) is 11.3 Å². The van der Waals surface area contributed by atoms with E-state index in [1.807, 2.05) is 6.07 Å². The Balaban J connectivity index is 1.72. The Labute approximate surface area is 178 Å². The smallest absolute Gasteiger partial charge is 0.267 e. The SMILES string of the molecule is Fc1ccc(-n2c(SCc3cccc(C(F)(F)F)c3)nnc2-c2ccccc2)c(F)c1. The van der Waals surface area contributed by atoms with E-state index < -0.39 is 23.4 Å². The van der Waals surface area contributed by atoms with Crippen molar-refractivity contribution >= 4 is 11.8 Å². The van der Waals surface area contributed by atoms with Crippen LogP contribution in [0.2, 0.25) is 0 Å². The van der Waals surface area contributed by atoms with Gasteiger partial charge in [-0.2, -0.15) is 13.2 Å². The molecule has 0 atom stereocenters. The molecule has 0 radical (unpaired) electrons. The molecule has 0 spiro atoms. The van der Waals surface area contributed by atoms with E-state index in [1.54, 1.807) is 30.3 Å². The van der Waals surface area contributed by atoms with Gasteiger partial charge in [-0.3, -0.25) is 4.57 Å². The van der Waals surface area contributed by atoms with E-state index in [0.717, 1.165) is 36.0 Å². The molecule has 0 unspecified atom stereocenters. The lowest BCUT2D eigenvalue weighted by molar-refractivity contribution is -0.137. The van der Waals surface area contributed by atoms with E-state index in [-0.39, 0.29) is 16.6 Å². The summed E-state index contributed by atoms with van der Waals surface area (Å²) >= 11 is 1.10. The van der Waals surface area contributed by atoms with Crippen LogP contribution in [0.4, 0.5) is 22.0 Å². The van der Waals surface area contributed by atoms with Gasteiger partial charge in [0.25, 0.3) is 0 Å². The minimum absolute atomic E-state index is 0.0387. The minimum Gasteiger partial charge on any atom is -0.267 e. The molecule has 31 heavy (non-hydrogen) atoms. The highest BCUT2D eigenvalue weighted by Gasteiger charge is 2.30. The summed E-state index contributed by atoms with van der Waals surface area (Å²) in [6.45, 7) is 0. The largest absolute Gasteiger partial charge is 0.416 e. The average Bonchev–Trinajstić information content (AvgIpc) is 3.16. The van der Waals surface area contributed by atoms with Crippen LogP contribution in [0.1, 0.15) is 11.1 Å². The van der Waals surface area contributed by atoms with Gasteiger partial charge in [0.1, 0.15) is 11.6 Å². The number of alkyl halides is 3. The van der Waals surface area contributed by atoms with Crippen LogP contribution in [-0.2, 0) is 11.9 Å². The van der Waals surface area contributed by atoms with Crippen LogP contribution >= 0.6 is 11.8 Å². The lowest BCUT2D eigenvalue weighted by atomic mass is 10.1. The molecule has 1 aromatic heterocycles. The molecular weight excluding hydrogens is 433 g/mol. The van der Waals surface area contributed by atoms with Gasteiger partial charge in [-0.1, -0.05) is 60.3 Å². The Morgan fingerprint density at radius 2 is 1.61 bits per heavy atom. The fraction of sp³-hybridized carbons (Fsp3) is 0.0909. The Morgan fingerprint density at radius 3 is 2.32 bits per heavy atom. The van der Waals surface area contributed by atoms with Gasteiger partial charge >= 0.3 is 6.18 Å². The third-order valence-electron chi connectivity index (χ3n) is 4.44. The highest BCUT2D eigenvalue weighted by molar-refractivity contribution is 7.98. The number of hydrogen-bond acceptors (Lipinski definition) is 3. The summed E-state index contributed by atoms with van der Waals surface area (Å²) in [5, 5.41) is 8.52. The third-order valence-corrected chi connectivity index (χ3v) is 5.44. The molecule has 0 saturated carbocycles. The first kappa shape index (κ1) is 21.0. The van der Waals surface area contributed by atoms with Crippen molar-refractivity contribution in [2.75, 3.05) is 0 Å². The second kappa shape index (κ2) is 8.50. The van der Waals surface area contributed by atoms with Gasteiger partial charge in [0, 0.05) is 17.4 Å². The summed E-state index contributed by atoms with van der Waals surface area (Å²) < 4.78 is 68.4. The first-order valence-electron chi connectivity index (χ1n) is 9.08. The molecule has 3 aromatic carbocycles. The maximum Gasteiger partial charge on any atom is 0.416 e. The summed E-state index contributed by atoms with van der Waals surface area (Å²) in [7, 11) is 0. The monoisotopic (exact) mass is 447 g/mol. The average molecular weight is 447 g/mol. The molecular formula is C22H14F5N3S. The van der Waals surface area contributed by atoms with E-state index in [9.17, 15) is 22.0 Å². The summed E-state index contributed by atoms with van der Waals surface area (Å²) in [5.74, 6) is -1.05. The molecule has 0 fully saturated rings. The van der Waals surface area contributed by atoms with Crippen molar-refractivity contribution in [1.29, 1.82) is 0 Å². The number of benzene rings is 3. The number of hydrogen-bond donors (Lipinski definition) is 0. The van der Waals surface area contributed by atoms with Crippen molar-refractivity contribution < 1.29 is 22.0 Å².